The minimum atomic E-state index is 0.380. The Morgan fingerprint density at radius 1 is 1.39 bits per heavy atom. The Morgan fingerprint density at radius 2 is 2.28 bits per heavy atom. The Bertz CT molecular complexity index is 680. The predicted octanol–water partition coefficient (Wildman–Crippen LogP) is 3.34. The highest BCUT2D eigenvalue weighted by atomic mass is 35.5. The van der Waals surface area contributed by atoms with Crippen LogP contribution in [0.15, 0.2) is 29.6 Å². The lowest BCUT2D eigenvalue weighted by Gasteiger charge is -1.98. The van der Waals surface area contributed by atoms with Crippen LogP contribution < -0.4 is 0 Å². The highest BCUT2D eigenvalue weighted by Gasteiger charge is 2.00. The minimum Gasteiger partial charge on any atom is -0.236 e. The number of rotatable bonds is 2. The molecule has 88 valence electrons. The van der Waals surface area contributed by atoms with Crippen LogP contribution in [0, 0.1) is 11.8 Å². The summed E-state index contributed by atoms with van der Waals surface area (Å²) in [5.41, 5.74) is 9.72. The van der Waals surface area contributed by atoms with Gasteiger partial charge in [-0.15, -0.1) is 0 Å². The third kappa shape index (κ3) is 2.89. The van der Waals surface area contributed by atoms with Gasteiger partial charge in [0.15, 0.2) is 0 Å². The highest BCUT2D eigenvalue weighted by molar-refractivity contribution is 6.34. The Hall–Kier alpha value is -2.28. The highest BCUT2D eigenvalue weighted by Crippen LogP contribution is 2.19. The smallest absolute Gasteiger partial charge is 0.140 e. The first-order chi connectivity index (χ1) is 8.81. The van der Waals surface area contributed by atoms with Crippen molar-refractivity contribution in [1.82, 2.24) is 9.97 Å². The Kier molecular flexibility index (Phi) is 3.98. The van der Waals surface area contributed by atoms with Crippen LogP contribution in [0.3, 0.4) is 0 Å². The summed E-state index contributed by atoms with van der Waals surface area (Å²) in [4.78, 5) is 10.7. The zero-order valence-corrected chi connectivity index (χ0v) is 10.1. The molecule has 0 aliphatic carbocycles. The fraction of sp³-hybridized carbons (Fsp3) is 0.167. The van der Waals surface area contributed by atoms with E-state index in [0.717, 1.165) is 16.5 Å². The van der Waals surface area contributed by atoms with Gasteiger partial charge in [0.2, 0.25) is 0 Å². The molecule has 0 spiro atoms. The van der Waals surface area contributed by atoms with Gasteiger partial charge >= 0.3 is 0 Å². The van der Waals surface area contributed by atoms with Crippen molar-refractivity contribution in [3.05, 3.63) is 45.7 Å². The second-order valence-electron chi connectivity index (χ2n) is 3.40. The zero-order valence-electron chi connectivity index (χ0n) is 9.34. The maximum absolute atomic E-state index is 8.11. The van der Waals surface area contributed by atoms with Crippen LogP contribution in [0.1, 0.15) is 12.0 Å². The van der Waals surface area contributed by atoms with Gasteiger partial charge in [0.1, 0.15) is 11.5 Å². The topological polar surface area (TPSA) is 74.5 Å². The molecule has 0 N–H and O–H groups in total. The van der Waals surface area contributed by atoms with Crippen LogP contribution in [-0.2, 0) is 0 Å². The fourth-order valence-corrected chi connectivity index (χ4v) is 1.62. The van der Waals surface area contributed by atoms with Gasteiger partial charge in [-0.3, -0.25) is 0 Å². The number of nitrogens with zero attached hydrogens (tertiary/aromatic N) is 5. The molecule has 0 bridgehead atoms. The molecule has 0 unspecified atom stereocenters. The molecule has 0 amide bonds. The third-order valence-corrected chi connectivity index (χ3v) is 2.52. The fourth-order valence-electron chi connectivity index (χ4n) is 1.42. The molecular weight excluding hydrogens is 250 g/mol. The number of hydrogen-bond donors (Lipinski definition) is 0. The van der Waals surface area contributed by atoms with Crippen molar-refractivity contribution in [2.75, 3.05) is 6.54 Å². The number of benzene rings is 1. The number of hydrogen-bond acceptors (Lipinski definition) is 3. The van der Waals surface area contributed by atoms with Crippen LogP contribution in [-0.4, -0.2) is 16.5 Å². The van der Waals surface area contributed by atoms with Gasteiger partial charge in [-0.1, -0.05) is 28.6 Å². The summed E-state index contributed by atoms with van der Waals surface area (Å²) in [6.07, 6.45) is 1.95. The number of fused-ring (bicyclic) bond motifs is 1. The summed E-state index contributed by atoms with van der Waals surface area (Å²) in [6, 6.07) is 5.55. The summed E-state index contributed by atoms with van der Waals surface area (Å²) in [6.45, 7) is 0.380. The van der Waals surface area contributed by atoms with Gasteiger partial charge in [-0.05, 0) is 23.7 Å². The zero-order chi connectivity index (χ0) is 12.8. The molecule has 1 heterocycles. The molecule has 0 saturated carbocycles. The average Bonchev–Trinajstić information content (AvgIpc) is 2.39. The van der Waals surface area contributed by atoms with Gasteiger partial charge in [-0.25, -0.2) is 9.97 Å². The van der Waals surface area contributed by atoms with E-state index in [9.17, 15) is 0 Å². The minimum absolute atomic E-state index is 0.380. The maximum atomic E-state index is 8.11. The van der Waals surface area contributed by atoms with Gasteiger partial charge in [-0.2, -0.15) is 0 Å². The molecule has 18 heavy (non-hydrogen) atoms. The maximum Gasteiger partial charge on any atom is 0.140 e. The van der Waals surface area contributed by atoms with Crippen LogP contribution in [0.4, 0.5) is 0 Å². The quantitative estimate of drug-likeness (QED) is 0.207. The van der Waals surface area contributed by atoms with Crippen molar-refractivity contribution >= 4 is 22.5 Å². The molecule has 5 nitrogen and oxygen atoms in total. The second-order valence-corrected chi connectivity index (χ2v) is 3.76. The monoisotopic (exact) mass is 257 g/mol. The SMILES string of the molecule is [N-]=[N+]=NCCC#Cc1ccc2c(Cl)ncnc2c1. The van der Waals surface area contributed by atoms with Crippen molar-refractivity contribution in [2.45, 2.75) is 6.42 Å². The van der Waals surface area contributed by atoms with Crippen LogP contribution in [0.25, 0.3) is 21.3 Å². The molecule has 0 fully saturated rings. The van der Waals surface area contributed by atoms with Crippen LogP contribution >= 0.6 is 11.6 Å². The molecule has 2 rings (SSSR count). The van der Waals surface area contributed by atoms with Crippen molar-refractivity contribution in [3.63, 3.8) is 0 Å². The van der Waals surface area contributed by atoms with E-state index in [1.54, 1.807) is 0 Å². The van der Waals surface area contributed by atoms with E-state index < -0.39 is 0 Å². The number of aromatic nitrogens is 2. The third-order valence-electron chi connectivity index (χ3n) is 2.22. The van der Waals surface area contributed by atoms with E-state index in [4.69, 9.17) is 17.1 Å². The molecule has 6 heteroatoms. The first kappa shape index (κ1) is 12.2. The van der Waals surface area contributed by atoms with Crippen LogP contribution in [0.2, 0.25) is 5.15 Å². The van der Waals surface area contributed by atoms with E-state index >= 15 is 0 Å². The lowest BCUT2D eigenvalue weighted by atomic mass is 10.1. The van der Waals surface area contributed by atoms with Gasteiger partial charge in [0.05, 0.1) is 5.52 Å². The average molecular weight is 258 g/mol. The number of azide groups is 1. The summed E-state index contributed by atoms with van der Waals surface area (Å²) < 4.78 is 0. The first-order valence-electron chi connectivity index (χ1n) is 5.21. The van der Waals surface area contributed by atoms with Gasteiger partial charge in [0, 0.05) is 28.8 Å². The summed E-state index contributed by atoms with van der Waals surface area (Å²) in [7, 11) is 0. The van der Waals surface area contributed by atoms with Crippen molar-refractivity contribution in [2.24, 2.45) is 5.11 Å². The molecule has 0 aliphatic rings. The molecule has 1 aromatic heterocycles. The molecule has 0 saturated heterocycles. The van der Waals surface area contributed by atoms with E-state index in [1.165, 1.54) is 6.33 Å². The van der Waals surface area contributed by atoms with Crippen molar-refractivity contribution in [3.8, 4) is 11.8 Å². The van der Waals surface area contributed by atoms with E-state index in [-0.39, 0.29) is 0 Å². The normalized spacial score (nSPS) is 9.39. The Labute approximate surface area is 108 Å². The first-order valence-corrected chi connectivity index (χ1v) is 5.59. The lowest BCUT2D eigenvalue weighted by molar-refractivity contribution is 1.01. The Balaban J connectivity index is 2.22. The van der Waals surface area contributed by atoms with Gasteiger partial charge < -0.3 is 0 Å². The lowest BCUT2D eigenvalue weighted by Crippen LogP contribution is -1.85. The molecule has 0 atom stereocenters. The van der Waals surface area contributed by atoms with Gasteiger partial charge in [0.25, 0.3) is 0 Å². The van der Waals surface area contributed by atoms with E-state index in [2.05, 4.69) is 31.8 Å². The van der Waals surface area contributed by atoms with E-state index in [1.807, 2.05) is 18.2 Å². The standard InChI is InChI=1S/C12H8ClN5/c13-12-10-5-4-9(3-1-2-6-17-18-14)7-11(10)15-8-16-12/h4-5,7-8H,2,6H2. The molecule has 0 radical (unpaired) electrons. The largest absolute Gasteiger partial charge is 0.236 e. The van der Waals surface area contributed by atoms with E-state index in [0.29, 0.717) is 18.1 Å². The number of halogens is 1. The summed E-state index contributed by atoms with van der Waals surface area (Å²) in [5, 5.41) is 4.64. The molecule has 1 aromatic carbocycles. The predicted molar refractivity (Wildman–Crippen MR) is 70.1 cm³/mol. The second kappa shape index (κ2) is 5.87. The Morgan fingerprint density at radius 3 is 3.11 bits per heavy atom. The van der Waals surface area contributed by atoms with Crippen molar-refractivity contribution in [1.29, 1.82) is 0 Å². The van der Waals surface area contributed by atoms with Crippen LogP contribution in [0.5, 0.6) is 0 Å². The molecule has 2 aromatic rings. The van der Waals surface area contributed by atoms with Crippen molar-refractivity contribution < 1.29 is 0 Å². The summed E-state index contributed by atoms with van der Waals surface area (Å²) in [5.74, 6) is 5.90. The molecular formula is C12H8ClN5. The summed E-state index contributed by atoms with van der Waals surface area (Å²) >= 11 is 5.94. The molecule has 0 aliphatic heterocycles.